The van der Waals surface area contributed by atoms with Crippen LogP contribution in [0, 0.1) is 0 Å². The third-order valence-corrected chi connectivity index (χ3v) is 3.97. The molecule has 3 aromatic rings. The van der Waals surface area contributed by atoms with Crippen LogP contribution in [0.15, 0.2) is 60.9 Å². The van der Waals surface area contributed by atoms with E-state index in [-0.39, 0.29) is 5.15 Å². The van der Waals surface area contributed by atoms with Crippen molar-refractivity contribution in [2.24, 2.45) is 0 Å². The highest BCUT2D eigenvalue weighted by Gasteiger charge is 2.18. The second-order valence-electron chi connectivity index (χ2n) is 5.32. The summed E-state index contributed by atoms with van der Waals surface area (Å²) < 4.78 is 11.2. The smallest absolute Gasteiger partial charge is 0.162 e. The Bertz CT molecular complexity index is 843. The molecule has 25 heavy (non-hydrogen) atoms. The largest absolute Gasteiger partial charge is 0.493 e. The molecule has 6 heteroatoms. The molecule has 5 nitrogen and oxygen atoms in total. The number of aliphatic hydroxyl groups excluding tert-OH is 1. The molecule has 3 rings (SSSR count). The van der Waals surface area contributed by atoms with Crippen molar-refractivity contribution in [3.05, 3.63) is 82.9 Å². The molecule has 0 amide bonds. The minimum absolute atomic E-state index is 0.164. The summed E-state index contributed by atoms with van der Waals surface area (Å²) in [6.45, 7) is 0.392. The third kappa shape index (κ3) is 4.07. The zero-order valence-corrected chi connectivity index (χ0v) is 14.3. The van der Waals surface area contributed by atoms with E-state index >= 15 is 0 Å². The minimum atomic E-state index is -1.01. The van der Waals surface area contributed by atoms with Crippen LogP contribution in [0.1, 0.15) is 22.9 Å². The van der Waals surface area contributed by atoms with Crippen LogP contribution in [0.4, 0.5) is 0 Å². The Morgan fingerprint density at radius 2 is 1.80 bits per heavy atom. The molecule has 0 radical (unpaired) electrons. The maximum atomic E-state index is 10.6. The van der Waals surface area contributed by atoms with E-state index in [4.69, 9.17) is 21.1 Å². The standard InChI is InChI=1S/C19H17ClN2O3/c1-24-15-8-7-14(18(23)17-19(20)22-10-9-21-17)11-16(15)25-12-13-5-3-2-4-6-13/h2-11,18,23H,12H2,1H3. The molecule has 0 aliphatic heterocycles. The number of ether oxygens (including phenoxy) is 2. The van der Waals surface area contributed by atoms with Gasteiger partial charge in [0, 0.05) is 12.4 Å². The number of hydrogen-bond donors (Lipinski definition) is 1. The van der Waals surface area contributed by atoms with E-state index in [1.165, 1.54) is 12.4 Å². The first kappa shape index (κ1) is 17.2. The average Bonchev–Trinajstić information content (AvgIpc) is 2.67. The van der Waals surface area contributed by atoms with Crippen molar-refractivity contribution in [1.29, 1.82) is 0 Å². The number of rotatable bonds is 6. The summed E-state index contributed by atoms with van der Waals surface area (Å²) in [5.74, 6) is 1.11. The molecule has 0 aliphatic carbocycles. The number of benzene rings is 2. The first-order valence-corrected chi connectivity index (χ1v) is 8.06. The van der Waals surface area contributed by atoms with E-state index in [1.807, 2.05) is 30.3 Å². The number of aliphatic hydroxyl groups is 1. The Labute approximate surface area is 150 Å². The summed E-state index contributed by atoms with van der Waals surface area (Å²) >= 11 is 6.02. The van der Waals surface area contributed by atoms with Gasteiger partial charge in [-0.2, -0.15) is 0 Å². The Kier molecular flexibility index (Phi) is 5.48. The predicted octanol–water partition coefficient (Wildman–Crippen LogP) is 3.80. The summed E-state index contributed by atoms with van der Waals surface area (Å²) in [5, 5.41) is 10.7. The Morgan fingerprint density at radius 3 is 2.52 bits per heavy atom. The maximum absolute atomic E-state index is 10.6. The summed E-state index contributed by atoms with van der Waals surface area (Å²) in [6, 6.07) is 15.0. The van der Waals surface area contributed by atoms with Gasteiger partial charge < -0.3 is 14.6 Å². The number of methoxy groups -OCH3 is 1. The SMILES string of the molecule is COc1ccc(C(O)c2nccnc2Cl)cc1OCc1ccccc1. The van der Waals surface area contributed by atoms with Crippen molar-refractivity contribution in [2.45, 2.75) is 12.7 Å². The molecule has 0 spiro atoms. The van der Waals surface area contributed by atoms with Crippen molar-refractivity contribution in [2.75, 3.05) is 7.11 Å². The molecule has 0 aliphatic rings. The molecule has 2 aromatic carbocycles. The molecule has 1 heterocycles. The first-order valence-electron chi connectivity index (χ1n) is 7.68. The van der Waals surface area contributed by atoms with E-state index in [9.17, 15) is 5.11 Å². The fraction of sp³-hybridized carbons (Fsp3) is 0.158. The van der Waals surface area contributed by atoms with Gasteiger partial charge in [0.15, 0.2) is 16.7 Å². The summed E-state index contributed by atoms with van der Waals surface area (Å²) in [7, 11) is 1.57. The van der Waals surface area contributed by atoms with Crippen LogP contribution in [0.5, 0.6) is 11.5 Å². The highest BCUT2D eigenvalue weighted by Crippen LogP contribution is 2.33. The minimum Gasteiger partial charge on any atom is -0.493 e. The highest BCUT2D eigenvalue weighted by atomic mass is 35.5. The van der Waals surface area contributed by atoms with Crippen LogP contribution in [0.2, 0.25) is 5.15 Å². The molecule has 0 saturated heterocycles. The molecule has 0 saturated carbocycles. The fourth-order valence-electron chi connectivity index (χ4n) is 2.38. The summed E-state index contributed by atoms with van der Waals surface area (Å²) in [4.78, 5) is 8.05. The van der Waals surface area contributed by atoms with Crippen molar-refractivity contribution in [3.8, 4) is 11.5 Å². The number of halogens is 1. The third-order valence-electron chi connectivity index (χ3n) is 3.68. The predicted molar refractivity (Wildman–Crippen MR) is 94.9 cm³/mol. The molecule has 1 aromatic heterocycles. The van der Waals surface area contributed by atoms with Gasteiger partial charge in [-0.25, -0.2) is 4.98 Å². The molecule has 0 fully saturated rings. The van der Waals surface area contributed by atoms with Gasteiger partial charge in [0.2, 0.25) is 0 Å². The number of nitrogens with zero attached hydrogens (tertiary/aromatic N) is 2. The summed E-state index contributed by atoms with van der Waals surface area (Å²) in [5.41, 5.74) is 1.92. The zero-order valence-electron chi connectivity index (χ0n) is 13.6. The van der Waals surface area contributed by atoms with Gasteiger partial charge in [0.05, 0.1) is 7.11 Å². The molecule has 1 unspecified atom stereocenters. The van der Waals surface area contributed by atoms with Crippen LogP contribution in [0.3, 0.4) is 0 Å². The molecular formula is C19H17ClN2O3. The van der Waals surface area contributed by atoms with Crippen LogP contribution >= 0.6 is 11.6 Å². The van der Waals surface area contributed by atoms with Crippen molar-refractivity contribution < 1.29 is 14.6 Å². The fourth-order valence-corrected chi connectivity index (χ4v) is 2.59. The quantitative estimate of drug-likeness (QED) is 0.727. The molecule has 128 valence electrons. The van der Waals surface area contributed by atoms with Crippen LogP contribution in [0.25, 0.3) is 0 Å². The lowest BCUT2D eigenvalue weighted by atomic mass is 10.1. The Balaban J connectivity index is 1.85. The first-order chi connectivity index (χ1) is 12.2. The topological polar surface area (TPSA) is 64.5 Å². The van der Waals surface area contributed by atoms with Crippen LogP contribution in [-0.2, 0) is 6.61 Å². The molecule has 1 N–H and O–H groups in total. The van der Waals surface area contributed by atoms with E-state index in [0.29, 0.717) is 29.4 Å². The number of aromatic nitrogens is 2. The lowest BCUT2D eigenvalue weighted by Crippen LogP contribution is -2.05. The maximum Gasteiger partial charge on any atom is 0.162 e. The van der Waals surface area contributed by atoms with E-state index in [2.05, 4.69) is 9.97 Å². The highest BCUT2D eigenvalue weighted by molar-refractivity contribution is 6.30. The Morgan fingerprint density at radius 1 is 1.04 bits per heavy atom. The van der Waals surface area contributed by atoms with Crippen molar-refractivity contribution in [1.82, 2.24) is 9.97 Å². The van der Waals surface area contributed by atoms with Gasteiger partial charge >= 0.3 is 0 Å². The molecule has 1 atom stereocenters. The van der Waals surface area contributed by atoms with E-state index in [0.717, 1.165) is 5.56 Å². The van der Waals surface area contributed by atoms with E-state index < -0.39 is 6.10 Å². The second kappa shape index (κ2) is 7.96. The lowest BCUT2D eigenvalue weighted by Gasteiger charge is -2.15. The summed E-state index contributed by atoms with van der Waals surface area (Å²) in [6.07, 6.45) is 1.95. The Hall–Kier alpha value is -2.63. The van der Waals surface area contributed by atoms with Crippen LogP contribution < -0.4 is 9.47 Å². The average molecular weight is 357 g/mol. The number of hydrogen-bond acceptors (Lipinski definition) is 5. The normalized spacial score (nSPS) is 11.8. The van der Waals surface area contributed by atoms with Gasteiger partial charge in [-0.3, -0.25) is 4.98 Å². The molecular weight excluding hydrogens is 340 g/mol. The van der Waals surface area contributed by atoms with Gasteiger partial charge in [-0.15, -0.1) is 0 Å². The lowest BCUT2D eigenvalue weighted by molar-refractivity contribution is 0.213. The van der Waals surface area contributed by atoms with Gasteiger partial charge in [0.25, 0.3) is 0 Å². The van der Waals surface area contributed by atoms with Crippen molar-refractivity contribution in [3.63, 3.8) is 0 Å². The van der Waals surface area contributed by atoms with Crippen molar-refractivity contribution >= 4 is 11.6 Å². The second-order valence-corrected chi connectivity index (χ2v) is 5.68. The van der Waals surface area contributed by atoms with Gasteiger partial charge in [-0.1, -0.05) is 48.0 Å². The van der Waals surface area contributed by atoms with Gasteiger partial charge in [-0.05, 0) is 23.3 Å². The molecule has 0 bridgehead atoms. The van der Waals surface area contributed by atoms with Crippen LogP contribution in [-0.4, -0.2) is 22.2 Å². The monoisotopic (exact) mass is 356 g/mol. The zero-order chi connectivity index (χ0) is 17.6. The van der Waals surface area contributed by atoms with E-state index in [1.54, 1.807) is 25.3 Å². The van der Waals surface area contributed by atoms with Gasteiger partial charge in [0.1, 0.15) is 18.4 Å².